The fourth-order valence-electron chi connectivity index (χ4n) is 2.88. The number of carbonyl (C=O) groups is 1. The van der Waals surface area contributed by atoms with Gasteiger partial charge in [0.1, 0.15) is 6.33 Å². The van der Waals surface area contributed by atoms with E-state index in [0.29, 0.717) is 5.56 Å². The van der Waals surface area contributed by atoms with Crippen molar-refractivity contribution in [2.24, 2.45) is 0 Å². The Morgan fingerprint density at radius 1 is 1.04 bits per heavy atom. The summed E-state index contributed by atoms with van der Waals surface area (Å²) in [6, 6.07) is 19.2. The van der Waals surface area contributed by atoms with Gasteiger partial charge in [0.05, 0.1) is 5.69 Å². The SMILES string of the molecule is Cc1cc(NC(=O)c2cccc3ccccc23)ccc1-n1cnnn1. The number of amides is 1. The van der Waals surface area contributed by atoms with E-state index in [-0.39, 0.29) is 5.91 Å². The van der Waals surface area contributed by atoms with E-state index in [1.54, 1.807) is 4.68 Å². The van der Waals surface area contributed by atoms with Gasteiger partial charge >= 0.3 is 0 Å². The van der Waals surface area contributed by atoms with Crippen LogP contribution in [0.3, 0.4) is 0 Å². The predicted molar refractivity (Wildman–Crippen MR) is 95.8 cm³/mol. The average molecular weight is 329 g/mol. The molecular formula is C19H15N5O. The fraction of sp³-hybridized carbons (Fsp3) is 0.0526. The molecule has 1 aromatic heterocycles. The molecule has 0 aliphatic carbocycles. The third-order valence-electron chi connectivity index (χ3n) is 4.08. The zero-order chi connectivity index (χ0) is 17.2. The molecule has 0 fully saturated rings. The van der Waals surface area contributed by atoms with Crippen molar-refractivity contribution in [3.63, 3.8) is 0 Å². The molecule has 122 valence electrons. The molecule has 1 heterocycles. The van der Waals surface area contributed by atoms with E-state index >= 15 is 0 Å². The molecule has 0 spiro atoms. The highest BCUT2D eigenvalue weighted by Gasteiger charge is 2.11. The van der Waals surface area contributed by atoms with Crippen molar-refractivity contribution in [1.29, 1.82) is 0 Å². The summed E-state index contributed by atoms with van der Waals surface area (Å²) in [5.41, 5.74) is 3.21. The summed E-state index contributed by atoms with van der Waals surface area (Å²) in [4.78, 5) is 12.7. The Labute approximate surface area is 144 Å². The highest BCUT2D eigenvalue weighted by Crippen LogP contribution is 2.22. The second kappa shape index (κ2) is 6.16. The Hall–Kier alpha value is -3.54. The van der Waals surface area contributed by atoms with Crippen LogP contribution in [0, 0.1) is 6.92 Å². The van der Waals surface area contributed by atoms with Crippen molar-refractivity contribution in [2.45, 2.75) is 6.92 Å². The summed E-state index contributed by atoms with van der Waals surface area (Å²) in [5.74, 6) is -0.133. The highest BCUT2D eigenvalue weighted by atomic mass is 16.1. The summed E-state index contributed by atoms with van der Waals surface area (Å²) in [6.45, 7) is 1.95. The third kappa shape index (κ3) is 2.85. The van der Waals surface area contributed by atoms with E-state index in [0.717, 1.165) is 27.7 Å². The molecule has 0 saturated carbocycles. The largest absolute Gasteiger partial charge is 0.322 e. The normalized spacial score (nSPS) is 10.8. The van der Waals surface area contributed by atoms with Gasteiger partial charge in [-0.2, -0.15) is 0 Å². The molecule has 4 rings (SSSR count). The van der Waals surface area contributed by atoms with Gasteiger partial charge in [0.2, 0.25) is 0 Å². The molecule has 1 N–H and O–H groups in total. The lowest BCUT2D eigenvalue weighted by Gasteiger charge is -2.10. The van der Waals surface area contributed by atoms with E-state index in [9.17, 15) is 4.79 Å². The Kier molecular flexibility index (Phi) is 3.70. The second-order valence-electron chi connectivity index (χ2n) is 5.74. The van der Waals surface area contributed by atoms with E-state index in [1.165, 1.54) is 6.33 Å². The van der Waals surface area contributed by atoms with E-state index < -0.39 is 0 Å². The van der Waals surface area contributed by atoms with Gasteiger partial charge < -0.3 is 5.32 Å². The number of anilines is 1. The molecule has 0 atom stereocenters. The number of nitrogens with one attached hydrogen (secondary N) is 1. The molecule has 0 aliphatic rings. The van der Waals surface area contributed by atoms with Crippen LogP contribution in [-0.2, 0) is 0 Å². The van der Waals surface area contributed by atoms with Gasteiger partial charge in [0, 0.05) is 11.3 Å². The first-order valence-corrected chi connectivity index (χ1v) is 7.85. The van der Waals surface area contributed by atoms with Crippen molar-refractivity contribution < 1.29 is 4.79 Å². The number of tetrazole rings is 1. The zero-order valence-corrected chi connectivity index (χ0v) is 13.5. The van der Waals surface area contributed by atoms with Crippen LogP contribution in [0.4, 0.5) is 5.69 Å². The third-order valence-corrected chi connectivity index (χ3v) is 4.08. The smallest absolute Gasteiger partial charge is 0.256 e. The summed E-state index contributed by atoms with van der Waals surface area (Å²) >= 11 is 0. The maximum atomic E-state index is 12.7. The topological polar surface area (TPSA) is 72.7 Å². The van der Waals surface area contributed by atoms with Crippen molar-refractivity contribution in [2.75, 3.05) is 5.32 Å². The molecule has 1 amide bonds. The minimum absolute atomic E-state index is 0.133. The maximum absolute atomic E-state index is 12.7. The number of hydrogen-bond donors (Lipinski definition) is 1. The van der Waals surface area contributed by atoms with Crippen molar-refractivity contribution >= 4 is 22.4 Å². The molecule has 0 saturated heterocycles. The van der Waals surface area contributed by atoms with E-state index in [4.69, 9.17) is 0 Å². The standard InChI is InChI=1S/C19H15N5O/c1-13-11-15(9-10-18(13)24-12-20-22-23-24)21-19(25)17-8-4-6-14-5-2-3-7-16(14)17/h2-12H,1H3,(H,21,25). The summed E-state index contributed by atoms with van der Waals surface area (Å²) < 4.78 is 1.59. The van der Waals surface area contributed by atoms with Crippen LogP contribution in [0.25, 0.3) is 16.5 Å². The number of fused-ring (bicyclic) bond motifs is 1. The molecule has 0 radical (unpaired) electrons. The Morgan fingerprint density at radius 2 is 1.88 bits per heavy atom. The fourth-order valence-corrected chi connectivity index (χ4v) is 2.88. The van der Waals surface area contributed by atoms with Gasteiger partial charge in [-0.1, -0.05) is 36.4 Å². The number of benzene rings is 3. The molecule has 25 heavy (non-hydrogen) atoms. The van der Waals surface area contributed by atoms with Crippen molar-refractivity contribution in [3.05, 3.63) is 78.1 Å². The molecule has 4 aromatic rings. The molecular weight excluding hydrogens is 314 g/mol. The molecule has 6 nitrogen and oxygen atoms in total. The molecule has 0 unspecified atom stereocenters. The van der Waals surface area contributed by atoms with Gasteiger partial charge in [0.25, 0.3) is 5.91 Å². The van der Waals surface area contributed by atoms with Gasteiger partial charge in [-0.15, -0.1) is 5.10 Å². The molecule has 0 aliphatic heterocycles. The maximum Gasteiger partial charge on any atom is 0.256 e. The van der Waals surface area contributed by atoms with E-state index in [1.807, 2.05) is 67.6 Å². The number of aryl methyl sites for hydroxylation is 1. The first-order valence-electron chi connectivity index (χ1n) is 7.85. The Bertz CT molecular complexity index is 1050. The monoisotopic (exact) mass is 329 g/mol. The number of hydrogen-bond acceptors (Lipinski definition) is 4. The lowest BCUT2D eigenvalue weighted by Crippen LogP contribution is -2.12. The molecule has 0 bridgehead atoms. The quantitative estimate of drug-likeness (QED) is 0.625. The zero-order valence-electron chi connectivity index (χ0n) is 13.5. The summed E-state index contributed by atoms with van der Waals surface area (Å²) in [7, 11) is 0. The Balaban J connectivity index is 1.64. The van der Waals surface area contributed by atoms with Gasteiger partial charge in [-0.25, -0.2) is 4.68 Å². The Morgan fingerprint density at radius 3 is 2.68 bits per heavy atom. The minimum atomic E-state index is -0.133. The van der Waals surface area contributed by atoms with Crippen LogP contribution < -0.4 is 5.32 Å². The van der Waals surface area contributed by atoms with Crippen LogP contribution in [0.15, 0.2) is 67.0 Å². The number of aromatic nitrogens is 4. The van der Waals surface area contributed by atoms with Gasteiger partial charge in [-0.3, -0.25) is 4.79 Å². The highest BCUT2D eigenvalue weighted by molar-refractivity contribution is 6.12. The number of carbonyl (C=O) groups excluding carboxylic acids is 1. The van der Waals surface area contributed by atoms with Crippen LogP contribution in [0.2, 0.25) is 0 Å². The summed E-state index contributed by atoms with van der Waals surface area (Å²) in [5, 5.41) is 16.1. The second-order valence-corrected chi connectivity index (χ2v) is 5.74. The van der Waals surface area contributed by atoms with Crippen LogP contribution in [-0.4, -0.2) is 26.1 Å². The molecule has 6 heteroatoms. The van der Waals surface area contributed by atoms with Crippen LogP contribution in [0.1, 0.15) is 15.9 Å². The van der Waals surface area contributed by atoms with E-state index in [2.05, 4.69) is 20.8 Å². The average Bonchev–Trinajstić information content (AvgIpc) is 3.15. The van der Waals surface area contributed by atoms with Crippen molar-refractivity contribution in [3.8, 4) is 5.69 Å². The summed E-state index contributed by atoms with van der Waals surface area (Å²) in [6.07, 6.45) is 1.54. The number of nitrogens with zero attached hydrogens (tertiary/aromatic N) is 4. The lowest BCUT2D eigenvalue weighted by atomic mass is 10.0. The predicted octanol–water partition coefficient (Wildman–Crippen LogP) is 3.38. The van der Waals surface area contributed by atoms with Gasteiger partial charge in [-0.05, 0) is 58.0 Å². The van der Waals surface area contributed by atoms with Crippen molar-refractivity contribution in [1.82, 2.24) is 20.2 Å². The lowest BCUT2D eigenvalue weighted by molar-refractivity contribution is 0.102. The number of rotatable bonds is 3. The van der Waals surface area contributed by atoms with Gasteiger partial charge in [0.15, 0.2) is 0 Å². The van der Waals surface area contributed by atoms with Crippen LogP contribution >= 0.6 is 0 Å². The minimum Gasteiger partial charge on any atom is -0.322 e. The molecule has 3 aromatic carbocycles. The first-order chi connectivity index (χ1) is 12.2. The first kappa shape index (κ1) is 15.0. The van der Waals surface area contributed by atoms with Crippen LogP contribution in [0.5, 0.6) is 0 Å².